The zero-order valence-corrected chi connectivity index (χ0v) is 12.2. The molecule has 3 heteroatoms. The van der Waals surface area contributed by atoms with Gasteiger partial charge in [-0.15, -0.1) is 0 Å². The van der Waals surface area contributed by atoms with Crippen molar-refractivity contribution in [3.05, 3.63) is 59.2 Å². The maximum Gasteiger partial charge on any atom is 0.134 e. The van der Waals surface area contributed by atoms with Gasteiger partial charge in [-0.1, -0.05) is 30.3 Å². The van der Waals surface area contributed by atoms with Crippen LogP contribution in [0.25, 0.3) is 5.57 Å². The Kier molecular flexibility index (Phi) is 3.07. The van der Waals surface area contributed by atoms with Crippen LogP contribution in [0.4, 0.5) is 0 Å². The molecule has 1 unspecified atom stereocenters. The van der Waals surface area contributed by atoms with E-state index in [1.165, 1.54) is 22.8 Å². The van der Waals surface area contributed by atoms with Gasteiger partial charge in [-0.3, -0.25) is 0 Å². The highest BCUT2D eigenvalue weighted by Gasteiger charge is 2.31. The minimum atomic E-state index is 0.0377. The van der Waals surface area contributed by atoms with Gasteiger partial charge in [0.05, 0.1) is 5.56 Å². The third kappa shape index (κ3) is 2.05. The molecule has 0 aromatic heterocycles. The van der Waals surface area contributed by atoms with E-state index in [-0.39, 0.29) is 11.5 Å². The van der Waals surface area contributed by atoms with Crippen molar-refractivity contribution in [3.8, 4) is 17.2 Å². The Labute approximate surface area is 129 Å². The minimum absolute atomic E-state index is 0.0377. The van der Waals surface area contributed by atoms with E-state index in [1.54, 1.807) is 6.07 Å². The molecule has 2 aromatic carbocycles. The molecule has 4 rings (SSSR count). The first kappa shape index (κ1) is 13.3. The highest BCUT2D eigenvalue weighted by molar-refractivity contribution is 5.81. The van der Waals surface area contributed by atoms with Gasteiger partial charge in [0.1, 0.15) is 23.9 Å². The number of hydrogen-bond acceptors (Lipinski definition) is 3. The van der Waals surface area contributed by atoms with Gasteiger partial charge < -0.3 is 14.9 Å². The Balaban J connectivity index is 1.86. The number of aromatic hydroxyl groups is 2. The molecule has 0 bridgehead atoms. The molecule has 3 nitrogen and oxygen atoms in total. The summed E-state index contributed by atoms with van der Waals surface area (Å²) in [6.45, 7) is 0.533. The van der Waals surface area contributed by atoms with Gasteiger partial charge in [-0.25, -0.2) is 0 Å². The smallest absolute Gasteiger partial charge is 0.134 e. The second kappa shape index (κ2) is 5.09. The van der Waals surface area contributed by atoms with Gasteiger partial charge in [0.15, 0.2) is 0 Å². The first-order valence-electron chi connectivity index (χ1n) is 7.70. The van der Waals surface area contributed by atoms with Crippen LogP contribution in [0.3, 0.4) is 0 Å². The van der Waals surface area contributed by atoms with Crippen molar-refractivity contribution in [3.63, 3.8) is 0 Å². The number of rotatable bonds is 1. The monoisotopic (exact) mass is 294 g/mol. The van der Waals surface area contributed by atoms with E-state index in [9.17, 15) is 10.2 Å². The zero-order chi connectivity index (χ0) is 15.1. The summed E-state index contributed by atoms with van der Waals surface area (Å²) in [5.74, 6) is 1.09. The second-order valence-electron chi connectivity index (χ2n) is 5.99. The molecule has 0 spiro atoms. The van der Waals surface area contributed by atoms with Crippen LogP contribution in [-0.2, 0) is 0 Å². The molecule has 2 N–H and O–H groups in total. The first-order valence-corrected chi connectivity index (χ1v) is 7.70. The van der Waals surface area contributed by atoms with Crippen molar-refractivity contribution in [2.75, 3.05) is 6.61 Å². The van der Waals surface area contributed by atoms with Gasteiger partial charge in [0.25, 0.3) is 0 Å². The van der Waals surface area contributed by atoms with E-state index in [1.807, 2.05) is 6.07 Å². The van der Waals surface area contributed by atoms with E-state index in [0.717, 1.165) is 24.8 Å². The SMILES string of the molecule is Oc1cc(O)c2c(c1)OCC1=C2CCCC1c1ccccc1. The van der Waals surface area contributed by atoms with Crippen LogP contribution in [0.2, 0.25) is 0 Å². The largest absolute Gasteiger partial charge is 0.508 e. The topological polar surface area (TPSA) is 49.7 Å². The molecule has 0 saturated heterocycles. The van der Waals surface area contributed by atoms with E-state index >= 15 is 0 Å². The van der Waals surface area contributed by atoms with Crippen molar-refractivity contribution in [1.82, 2.24) is 0 Å². The molecule has 1 heterocycles. The lowest BCUT2D eigenvalue weighted by atomic mass is 9.76. The highest BCUT2D eigenvalue weighted by Crippen LogP contribution is 2.50. The average molecular weight is 294 g/mol. The van der Waals surface area contributed by atoms with Gasteiger partial charge in [0.2, 0.25) is 0 Å². The van der Waals surface area contributed by atoms with Gasteiger partial charge in [0, 0.05) is 18.1 Å². The summed E-state index contributed by atoms with van der Waals surface area (Å²) in [6, 6.07) is 13.5. The van der Waals surface area contributed by atoms with Crippen molar-refractivity contribution in [2.24, 2.45) is 0 Å². The van der Waals surface area contributed by atoms with E-state index < -0.39 is 0 Å². The fraction of sp³-hybridized carbons (Fsp3) is 0.263. The third-order valence-corrected chi connectivity index (χ3v) is 4.68. The predicted octanol–water partition coefficient (Wildman–Crippen LogP) is 4.21. The summed E-state index contributed by atoms with van der Waals surface area (Å²) in [4.78, 5) is 0. The Morgan fingerprint density at radius 2 is 1.86 bits per heavy atom. The van der Waals surface area contributed by atoms with E-state index in [4.69, 9.17) is 4.74 Å². The summed E-state index contributed by atoms with van der Waals surface area (Å²) >= 11 is 0. The number of hydrogen-bond donors (Lipinski definition) is 2. The Bertz CT molecular complexity index is 747. The fourth-order valence-corrected chi connectivity index (χ4v) is 3.71. The predicted molar refractivity (Wildman–Crippen MR) is 85.2 cm³/mol. The second-order valence-corrected chi connectivity index (χ2v) is 5.99. The average Bonchev–Trinajstić information content (AvgIpc) is 2.54. The molecule has 0 amide bonds. The molecular weight excluding hydrogens is 276 g/mol. The maximum atomic E-state index is 10.3. The van der Waals surface area contributed by atoms with Crippen LogP contribution in [-0.4, -0.2) is 16.8 Å². The number of phenolic OH excluding ortho intramolecular Hbond substituents is 2. The molecule has 2 aromatic rings. The van der Waals surface area contributed by atoms with Gasteiger partial charge in [-0.05, 0) is 36.0 Å². The van der Waals surface area contributed by atoms with Crippen LogP contribution in [0.1, 0.15) is 36.3 Å². The normalized spacial score (nSPS) is 20.1. The lowest BCUT2D eigenvalue weighted by Crippen LogP contribution is -2.20. The molecule has 22 heavy (non-hydrogen) atoms. The zero-order valence-electron chi connectivity index (χ0n) is 12.2. The van der Waals surface area contributed by atoms with Crippen molar-refractivity contribution in [2.45, 2.75) is 25.2 Å². The van der Waals surface area contributed by atoms with Crippen molar-refractivity contribution in [1.29, 1.82) is 0 Å². The number of allylic oxidation sites excluding steroid dienone is 1. The van der Waals surface area contributed by atoms with Gasteiger partial charge in [-0.2, -0.15) is 0 Å². The molecule has 0 radical (unpaired) electrons. The van der Waals surface area contributed by atoms with Crippen LogP contribution in [0.5, 0.6) is 17.2 Å². The van der Waals surface area contributed by atoms with Crippen molar-refractivity contribution < 1.29 is 14.9 Å². The molecule has 0 saturated carbocycles. The highest BCUT2D eigenvalue weighted by atomic mass is 16.5. The maximum absolute atomic E-state index is 10.3. The summed E-state index contributed by atoms with van der Waals surface area (Å²) < 4.78 is 5.83. The fourth-order valence-electron chi connectivity index (χ4n) is 3.71. The first-order chi connectivity index (χ1) is 10.7. The summed E-state index contributed by atoms with van der Waals surface area (Å²) in [7, 11) is 0. The van der Waals surface area contributed by atoms with Gasteiger partial charge >= 0.3 is 0 Å². The summed E-state index contributed by atoms with van der Waals surface area (Å²) in [5.41, 5.74) is 4.53. The number of ether oxygens (including phenoxy) is 1. The Morgan fingerprint density at radius 1 is 1.05 bits per heavy atom. The van der Waals surface area contributed by atoms with Crippen LogP contribution >= 0.6 is 0 Å². The Hall–Kier alpha value is -2.42. The summed E-state index contributed by atoms with van der Waals surface area (Å²) in [5, 5.41) is 19.9. The number of benzene rings is 2. The number of fused-ring (bicyclic) bond motifs is 2. The molecule has 2 aliphatic rings. The standard InChI is InChI=1S/C19H18O3/c20-13-9-17(21)19-15-8-4-7-14(12-5-2-1-3-6-12)16(15)11-22-18(19)10-13/h1-3,5-6,9-10,14,20-21H,4,7-8,11H2. The molecule has 112 valence electrons. The van der Waals surface area contributed by atoms with Crippen LogP contribution < -0.4 is 4.74 Å². The third-order valence-electron chi connectivity index (χ3n) is 4.68. The molecular formula is C19H18O3. The lowest BCUT2D eigenvalue weighted by molar-refractivity contribution is 0.323. The molecule has 1 atom stereocenters. The molecule has 1 aliphatic carbocycles. The van der Waals surface area contributed by atoms with E-state index in [2.05, 4.69) is 24.3 Å². The van der Waals surface area contributed by atoms with Crippen LogP contribution in [0.15, 0.2) is 48.0 Å². The minimum Gasteiger partial charge on any atom is -0.508 e. The Morgan fingerprint density at radius 3 is 2.68 bits per heavy atom. The van der Waals surface area contributed by atoms with Crippen LogP contribution in [0, 0.1) is 0 Å². The number of phenols is 2. The molecule has 0 fully saturated rings. The lowest BCUT2D eigenvalue weighted by Gasteiger charge is -2.33. The summed E-state index contributed by atoms with van der Waals surface area (Å²) in [6.07, 6.45) is 3.16. The molecule has 1 aliphatic heterocycles. The van der Waals surface area contributed by atoms with Crippen molar-refractivity contribution >= 4 is 5.57 Å². The van der Waals surface area contributed by atoms with E-state index in [0.29, 0.717) is 18.3 Å². The quantitative estimate of drug-likeness (QED) is 0.828.